The summed E-state index contributed by atoms with van der Waals surface area (Å²) in [6.45, 7) is 22.8. The molecule has 0 bridgehead atoms. The molecule has 1 spiro atoms. The topological polar surface area (TPSA) is 462 Å². The number of halogens is 5. The summed E-state index contributed by atoms with van der Waals surface area (Å²) >= 11 is 31.8. The molecule has 10 aliphatic heterocycles. The lowest BCUT2D eigenvalue weighted by molar-refractivity contribution is 0.0223. The molecule has 0 aromatic carbocycles. The zero-order chi connectivity index (χ0) is 91.1. The number of piperidine rings is 5. The Kier molecular flexibility index (Phi) is 26.8. The normalized spacial score (nSPS) is 19.6. The van der Waals surface area contributed by atoms with Gasteiger partial charge in [0.1, 0.15) is 63.3 Å². The van der Waals surface area contributed by atoms with Crippen LogP contribution in [-0.4, -0.2) is 226 Å². The molecule has 1 aliphatic carbocycles. The predicted octanol–water partition coefficient (Wildman–Crippen LogP) is 10.2. The Hall–Kier alpha value is -10.4. The summed E-state index contributed by atoms with van der Waals surface area (Å²) in [6, 6.07) is 9.92. The molecule has 130 heavy (non-hydrogen) atoms. The number of aryl methyl sites for hydroxylation is 5. The van der Waals surface area contributed by atoms with Crippen molar-refractivity contribution in [2.45, 2.75) is 186 Å². The van der Waals surface area contributed by atoms with Crippen LogP contribution < -0.4 is 53.2 Å². The van der Waals surface area contributed by atoms with Crippen molar-refractivity contribution in [1.82, 2.24) is 74.8 Å². The van der Waals surface area contributed by atoms with Gasteiger partial charge in [0, 0.05) is 179 Å². The fourth-order valence-corrected chi connectivity index (χ4v) is 19.1. The summed E-state index contributed by atoms with van der Waals surface area (Å²) in [6.07, 6.45) is 28.7. The minimum atomic E-state index is -1.08. The van der Waals surface area contributed by atoms with Crippen LogP contribution in [0.2, 0.25) is 25.1 Å². The smallest absolute Gasteiger partial charge is 0.147 e. The van der Waals surface area contributed by atoms with E-state index >= 15 is 0 Å². The molecular weight excluding hydrogens is 1750 g/mol. The molecule has 13 N–H and O–H groups in total. The van der Waals surface area contributed by atoms with Gasteiger partial charge < -0.3 is 68.5 Å². The summed E-state index contributed by atoms with van der Waals surface area (Å²) in [7, 11) is 0. The standard InChI is InChI=1S/C20H23ClN6.C19H23ClN6.2C18H21ClN6O.C17H19ClN6O/c1-12-8-13(14(21)9-23-12)18-19-15(10-24-18)26-17(11-25-19)27-6-4-20(5-7-27)3-2-16(20)22;1-3-19(21)5-8-26(9-6-19)15-11-24-18-14(25-15)10-23-17(18)13-4-7-22-12(2)16(13)20;2*1-11-6-12(13(19)7-21-11)16-17-14(8-22-16)24-15(9-23-17)25-4-2-18(26,10-20)3-5-25;1-10-14(18)11(2-5-20-10)15-16-12(8-21-15)23-13(9-22-16)24-6-3-17(19,25)4-7-24/h8-9,11,16H,2-7,10,22H2,1H3;4,7,11H,3,5-6,8-10,21H2,1-2H3;2*6-7,9,26H,2-5,8,10,20H2,1H3;2,5,9,25H,3-4,6-8,19H2,1H3. The Labute approximate surface area is 779 Å². The third-order valence-electron chi connectivity index (χ3n) is 27.0. The highest BCUT2D eigenvalue weighted by atomic mass is 35.5. The van der Waals surface area contributed by atoms with Gasteiger partial charge >= 0.3 is 0 Å². The molecule has 33 nitrogen and oxygen atoms in total. The quantitative estimate of drug-likeness (QED) is 0.0497. The van der Waals surface area contributed by atoms with E-state index in [9.17, 15) is 15.3 Å². The van der Waals surface area contributed by atoms with Crippen LogP contribution in [0.3, 0.4) is 0 Å². The number of hydrogen-bond donors (Lipinski definition) is 8. The van der Waals surface area contributed by atoms with Gasteiger partial charge in [-0.25, -0.2) is 49.8 Å². The minimum Gasteiger partial charge on any atom is -0.388 e. The first kappa shape index (κ1) is 91.5. The molecule has 5 saturated heterocycles. The Morgan fingerprint density at radius 2 is 0.638 bits per heavy atom. The van der Waals surface area contributed by atoms with Crippen LogP contribution in [0.1, 0.15) is 204 Å². The van der Waals surface area contributed by atoms with Gasteiger partial charge in [0.2, 0.25) is 0 Å². The number of fused-ring (bicyclic) bond motifs is 5. The molecule has 10 aromatic rings. The van der Waals surface area contributed by atoms with Crippen LogP contribution >= 0.6 is 58.0 Å². The number of aliphatic imine (C=N–C) groups is 5. The van der Waals surface area contributed by atoms with E-state index in [1.807, 2.05) is 77.3 Å². The molecule has 6 fully saturated rings. The van der Waals surface area contributed by atoms with Crippen LogP contribution in [0.5, 0.6) is 0 Å². The molecule has 1 unspecified atom stereocenters. The Balaban J connectivity index is 0.000000114. The van der Waals surface area contributed by atoms with E-state index in [-0.39, 0.29) is 5.54 Å². The summed E-state index contributed by atoms with van der Waals surface area (Å²) in [5.41, 5.74) is 48.3. The van der Waals surface area contributed by atoms with E-state index in [0.29, 0.717) is 160 Å². The number of hydrogen-bond acceptors (Lipinski definition) is 33. The number of nitrogens with zero attached hydrogens (tertiary/aromatic N) is 25. The predicted molar refractivity (Wildman–Crippen MR) is 508 cm³/mol. The van der Waals surface area contributed by atoms with Crippen molar-refractivity contribution in [2.75, 3.05) is 103 Å². The van der Waals surface area contributed by atoms with E-state index in [4.69, 9.17) is 117 Å². The molecule has 678 valence electrons. The van der Waals surface area contributed by atoms with Crippen LogP contribution in [0.15, 0.2) is 117 Å². The highest BCUT2D eigenvalue weighted by Gasteiger charge is 2.47. The summed E-state index contributed by atoms with van der Waals surface area (Å²) in [5.74, 6) is 4.29. The van der Waals surface area contributed by atoms with E-state index in [1.54, 1.807) is 49.6 Å². The van der Waals surface area contributed by atoms with E-state index in [0.717, 1.165) is 229 Å². The Morgan fingerprint density at radius 3 is 0.908 bits per heavy atom. The molecule has 0 amide bonds. The average Bonchev–Trinajstić information content (AvgIpc) is 1.22. The highest BCUT2D eigenvalue weighted by Crippen LogP contribution is 2.49. The maximum atomic E-state index is 10.3. The second-order valence-corrected chi connectivity index (χ2v) is 37.5. The van der Waals surface area contributed by atoms with Crippen LogP contribution in [-0.2, 0) is 32.7 Å². The van der Waals surface area contributed by atoms with Gasteiger partial charge in [-0.3, -0.25) is 49.9 Å². The first-order valence-electron chi connectivity index (χ1n) is 44.3. The second kappa shape index (κ2) is 38.1. The second-order valence-electron chi connectivity index (χ2n) is 35.5. The van der Waals surface area contributed by atoms with E-state index in [1.165, 1.54) is 12.8 Å². The summed E-state index contributed by atoms with van der Waals surface area (Å²) in [4.78, 5) is 102. The Bertz CT molecular complexity index is 5830. The first-order chi connectivity index (χ1) is 62.5. The third kappa shape index (κ3) is 19.3. The van der Waals surface area contributed by atoms with Crippen LogP contribution in [0.4, 0.5) is 29.1 Å². The summed E-state index contributed by atoms with van der Waals surface area (Å²) < 4.78 is 0. The molecule has 10 aromatic heterocycles. The van der Waals surface area contributed by atoms with E-state index < -0.39 is 16.9 Å². The molecule has 20 heterocycles. The molecule has 11 aliphatic rings. The third-order valence-corrected chi connectivity index (χ3v) is 28.8. The first-order valence-corrected chi connectivity index (χ1v) is 46.2. The Morgan fingerprint density at radius 1 is 0.362 bits per heavy atom. The van der Waals surface area contributed by atoms with Gasteiger partial charge in [-0.1, -0.05) is 64.9 Å². The molecule has 38 heteroatoms. The van der Waals surface area contributed by atoms with Crippen LogP contribution in [0, 0.1) is 40.0 Å². The lowest BCUT2D eigenvalue weighted by atomic mass is 9.60. The number of anilines is 5. The van der Waals surface area contributed by atoms with Crippen molar-refractivity contribution >= 4 is 116 Å². The minimum absolute atomic E-state index is 0.0348. The molecule has 1 atom stereocenters. The van der Waals surface area contributed by atoms with Gasteiger partial charge in [-0.15, -0.1) is 0 Å². The van der Waals surface area contributed by atoms with Gasteiger partial charge in [-0.2, -0.15) is 0 Å². The van der Waals surface area contributed by atoms with Crippen molar-refractivity contribution in [3.63, 3.8) is 0 Å². The van der Waals surface area contributed by atoms with E-state index in [2.05, 4.69) is 101 Å². The number of nitrogens with two attached hydrogens (primary N) is 5. The van der Waals surface area contributed by atoms with Crippen molar-refractivity contribution in [2.24, 2.45) is 59.0 Å². The molecular formula is C92H107Cl5N30O3. The SMILES string of the molecule is CCC1(N)CCN(c2cnc3c(n2)CN=C3c2ccnc(C)c2Cl)CC1.Cc1cc(C2=NCc3nc(N4CCC(O)(CN)CC4)cnc32)c(Cl)cn1.Cc1cc(C2=NCc3nc(N4CCC(O)(CN)CC4)cnc32)c(Cl)cn1.Cc1cc(C2=NCc3nc(N4CCC5(CCC5N)CC4)cnc32)c(Cl)cn1.Cc1nccc(C2=NCc3nc(N4CCC(N)(O)CC4)cnc32)c1Cl. The summed E-state index contributed by atoms with van der Waals surface area (Å²) in [5, 5.41) is 33.4. The number of pyridine rings is 5. The fourth-order valence-electron chi connectivity index (χ4n) is 18.1. The maximum Gasteiger partial charge on any atom is 0.147 e. The number of aliphatic hydroxyl groups is 3. The molecule has 1 saturated carbocycles. The van der Waals surface area contributed by atoms with Gasteiger partial charge in [0.15, 0.2) is 0 Å². The fraction of sp³-hybridized carbons (Fsp3) is 0.457. The zero-order valence-corrected chi connectivity index (χ0v) is 77.5. The number of aromatic nitrogens is 15. The van der Waals surface area contributed by atoms with Crippen LogP contribution in [0.25, 0.3) is 0 Å². The largest absolute Gasteiger partial charge is 0.388 e. The number of rotatable bonds is 13. The lowest BCUT2D eigenvalue weighted by Crippen LogP contribution is -2.56. The van der Waals surface area contributed by atoms with Gasteiger partial charge in [-0.05, 0) is 141 Å². The molecule has 0 radical (unpaired) electrons. The van der Waals surface area contributed by atoms with Gasteiger partial charge in [0.05, 0.1) is 168 Å². The van der Waals surface area contributed by atoms with Gasteiger partial charge in [0.25, 0.3) is 0 Å². The van der Waals surface area contributed by atoms with Crippen molar-refractivity contribution in [3.05, 3.63) is 231 Å². The monoisotopic (exact) mass is 1850 g/mol. The van der Waals surface area contributed by atoms with Crippen molar-refractivity contribution in [1.29, 1.82) is 0 Å². The van der Waals surface area contributed by atoms with Crippen molar-refractivity contribution in [3.8, 4) is 0 Å². The molecule has 21 rings (SSSR count). The van der Waals surface area contributed by atoms with Crippen molar-refractivity contribution < 1.29 is 15.3 Å². The highest BCUT2D eigenvalue weighted by molar-refractivity contribution is 6.38. The lowest BCUT2D eigenvalue weighted by Gasteiger charge is -2.52. The zero-order valence-electron chi connectivity index (χ0n) is 73.7. The maximum absolute atomic E-state index is 10.3. The average molecular weight is 1860 g/mol.